The molecule has 5 heteroatoms. The normalized spacial score (nSPS) is 10.1. The van der Waals surface area contributed by atoms with Gasteiger partial charge < -0.3 is 4.98 Å². The molecule has 0 saturated carbocycles. The number of aromatic nitrogens is 1. The first-order valence-electron chi connectivity index (χ1n) is 3.48. The van der Waals surface area contributed by atoms with Crippen molar-refractivity contribution < 1.29 is 8.78 Å². The molecule has 0 aromatic carbocycles. The molecule has 0 aliphatic rings. The van der Waals surface area contributed by atoms with Gasteiger partial charge in [0, 0.05) is 11.6 Å². The smallest absolute Gasteiger partial charge is 0.264 e. The third-order valence-corrected chi connectivity index (χ3v) is 1.69. The molecule has 0 unspecified atom stereocenters. The van der Waals surface area contributed by atoms with Crippen LogP contribution in [-0.2, 0) is 0 Å². The highest BCUT2D eigenvalue weighted by Gasteiger charge is 2.14. The summed E-state index contributed by atoms with van der Waals surface area (Å²) in [6, 6.07) is 2.45. The SMILES string of the molecule is Cc1c(C(F)F)cc(=O)[nH]c1C#N. The number of pyridine rings is 1. The third kappa shape index (κ3) is 1.72. The number of rotatable bonds is 1. The molecule has 1 aromatic heterocycles. The molecule has 0 spiro atoms. The zero-order valence-electron chi connectivity index (χ0n) is 6.77. The molecule has 3 nitrogen and oxygen atoms in total. The number of H-pyrrole nitrogens is 1. The minimum atomic E-state index is -2.73. The average molecular weight is 184 g/mol. The van der Waals surface area contributed by atoms with Gasteiger partial charge >= 0.3 is 0 Å². The lowest BCUT2D eigenvalue weighted by Crippen LogP contribution is -2.11. The monoisotopic (exact) mass is 184 g/mol. The summed E-state index contributed by atoms with van der Waals surface area (Å²) in [4.78, 5) is 13.0. The van der Waals surface area contributed by atoms with Crippen molar-refractivity contribution in [3.8, 4) is 6.07 Å². The largest absolute Gasteiger partial charge is 0.313 e. The van der Waals surface area contributed by atoms with Gasteiger partial charge in [-0.05, 0) is 12.5 Å². The molecule has 0 amide bonds. The Bertz CT molecular complexity index is 417. The molecule has 13 heavy (non-hydrogen) atoms. The quantitative estimate of drug-likeness (QED) is 0.718. The second-order valence-corrected chi connectivity index (χ2v) is 2.50. The Kier molecular flexibility index (Phi) is 2.42. The zero-order valence-corrected chi connectivity index (χ0v) is 6.77. The molecule has 0 fully saturated rings. The fourth-order valence-electron chi connectivity index (χ4n) is 0.985. The Morgan fingerprint density at radius 3 is 2.69 bits per heavy atom. The Morgan fingerprint density at radius 2 is 2.23 bits per heavy atom. The van der Waals surface area contributed by atoms with Gasteiger partial charge in [0.25, 0.3) is 6.43 Å². The summed E-state index contributed by atoms with van der Waals surface area (Å²) in [5.74, 6) is 0. The summed E-state index contributed by atoms with van der Waals surface area (Å²) in [7, 11) is 0. The maximum atomic E-state index is 12.3. The van der Waals surface area contributed by atoms with Gasteiger partial charge in [-0.15, -0.1) is 0 Å². The zero-order chi connectivity index (χ0) is 10.0. The molecular formula is C8H6F2N2O. The standard InChI is InChI=1S/C8H6F2N2O/c1-4-5(8(9)10)2-7(13)12-6(4)3-11/h2,8H,1H3,(H,12,13). The molecule has 0 radical (unpaired) electrons. The lowest BCUT2D eigenvalue weighted by Gasteiger charge is -2.04. The summed E-state index contributed by atoms with van der Waals surface area (Å²) < 4.78 is 24.5. The second kappa shape index (κ2) is 3.35. The van der Waals surface area contributed by atoms with Crippen molar-refractivity contribution in [3.63, 3.8) is 0 Å². The van der Waals surface area contributed by atoms with Crippen molar-refractivity contribution in [2.75, 3.05) is 0 Å². The van der Waals surface area contributed by atoms with E-state index in [4.69, 9.17) is 5.26 Å². The summed E-state index contributed by atoms with van der Waals surface area (Å²) >= 11 is 0. The van der Waals surface area contributed by atoms with Crippen LogP contribution in [0.25, 0.3) is 0 Å². The average Bonchev–Trinajstić information content (AvgIpc) is 2.08. The van der Waals surface area contributed by atoms with Gasteiger partial charge in [-0.3, -0.25) is 4.79 Å². The van der Waals surface area contributed by atoms with Gasteiger partial charge in [0.1, 0.15) is 11.8 Å². The lowest BCUT2D eigenvalue weighted by atomic mass is 10.1. The van der Waals surface area contributed by atoms with Crippen LogP contribution in [0, 0.1) is 18.3 Å². The number of halogens is 2. The van der Waals surface area contributed by atoms with Crippen LogP contribution in [-0.4, -0.2) is 4.98 Å². The molecular weight excluding hydrogens is 178 g/mol. The topological polar surface area (TPSA) is 56.6 Å². The van der Waals surface area contributed by atoms with Crippen molar-refractivity contribution in [2.24, 2.45) is 0 Å². The molecule has 1 rings (SSSR count). The number of alkyl halides is 2. The van der Waals surface area contributed by atoms with Crippen LogP contribution in [0.5, 0.6) is 0 Å². The Morgan fingerprint density at radius 1 is 1.62 bits per heavy atom. The second-order valence-electron chi connectivity index (χ2n) is 2.50. The highest BCUT2D eigenvalue weighted by Crippen LogP contribution is 2.21. The minimum absolute atomic E-state index is 0.109. The minimum Gasteiger partial charge on any atom is -0.313 e. The predicted octanol–water partition coefficient (Wildman–Crippen LogP) is 1.49. The maximum absolute atomic E-state index is 12.3. The van der Waals surface area contributed by atoms with Gasteiger partial charge in [0.05, 0.1) is 0 Å². The number of hydrogen-bond donors (Lipinski definition) is 1. The first-order chi connectivity index (χ1) is 6.06. The van der Waals surface area contributed by atoms with E-state index in [1.54, 1.807) is 6.07 Å². The van der Waals surface area contributed by atoms with E-state index in [2.05, 4.69) is 4.98 Å². The van der Waals surface area contributed by atoms with E-state index in [1.807, 2.05) is 0 Å². The molecule has 1 heterocycles. The number of nitrogens with one attached hydrogen (secondary N) is 1. The molecule has 0 atom stereocenters. The highest BCUT2D eigenvalue weighted by atomic mass is 19.3. The molecule has 0 aliphatic carbocycles. The van der Waals surface area contributed by atoms with Gasteiger partial charge in [0.2, 0.25) is 5.56 Å². The summed E-state index contributed by atoms with van der Waals surface area (Å²) in [5.41, 5.74) is -1.06. The van der Waals surface area contributed by atoms with Crippen molar-refractivity contribution in [3.05, 3.63) is 33.2 Å². The molecule has 68 valence electrons. The van der Waals surface area contributed by atoms with E-state index in [9.17, 15) is 13.6 Å². The number of nitrogens with zero attached hydrogens (tertiary/aromatic N) is 1. The highest BCUT2D eigenvalue weighted by molar-refractivity contribution is 5.36. The van der Waals surface area contributed by atoms with Gasteiger partial charge in [0.15, 0.2) is 0 Å². The van der Waals surface area contributed by atoms with Crippen molar-refractivity contribution in [1.82, 2.24) is 4.98 Å². The maximum Gasteiger partial charge on any atom is 0.264 e. The Hall–Kier alpha value is -1.70. The molecule has 0 bridgehead atoms. The van der Waals surface area contributed by atoms with E-state index in [1.165, 1.54) is 6.92 Å². The van der Waals surface area contributed by atoms with Crippen molar-refractivity contribution in [1.29, 1.82) is 5.26 Å². The summed E-state index contributed by atoms with van der Waals surface area (Å²) in [6.45, 7) is 1.37. The third-order valence-electron chi connectivity index (χ3n) is 1.69. The molecule has 1 aromatic rings. The van der Waals surface area contributed by atoms with Gasteiger partial charge in [-0.2, -0.15) is 5.26 Å². The van der Waals surface area contributed by atoms with Crippen LogP contribution in [0.1, 0.15) is 23.2 Å². The van der Waals surface area contributed by atoms with Crippen LogP contribution < -0.4 is 5.56 Å². The number of hydrogen-bond acceptors (Lipinski definition) is 2. The fraction of sp³-hybridized carbons (Fsp3) is 0.250. The molecule has 0 aliphatic heterocycles. The molecule has 0 saturated heterocycles. The van der Waals surface area contributed by atoms with Crippen LogP contribution in [0.3, 0.4) is 0 Å². The van der Waals surface area contributed by atoms with E-state index >= 15 is 0 Å². The Labute approximate surface area is 72.6 Å². The lowest BCUT2D eigenvalue weighted by molar-refractivity contribution is 0.150. The van der Waals surface area contributed by atoms with E-state index < -0.39 is 12.0 Å². The fourth-order valence-corrected chi connectivity index (χ4v) is 0.985. The van der Waals surface area contributed by atoms with E-state index in [0.29, 0.717) is 0 Å². The number of aromatic amines is 1. The first kappa shape index (κ1) is 9.39. The first-order valence-corrected chi connectivity index (χ1v) is 3.48. The molecule has 1 N–H and O–H groups in total. The van der Waals surface area contributed by atoms with Gasteiger partial charge in [-0.1, -0.05) is 0 Å². The van der Waals surface area contributed by atoms with E-state index in [0.717, 1.165) is 6.07 Å². The summed E-state index contributed by atoms with van der Waals surface area (Å²) in [5, 5.41) is 8.48. The Balaban J connectivity index is 3.47. The summed E-state index contributed by atoms with van der Waals surface area (Å²) in [6.07, 6.45) is -2.73. The van der Waals surface area contributed by atoms with Crippen LogP contribution in [0.4, 0.5) is 8.78 Å². The van der Waals surface area contributed by atoms with E-state index in [-0.39, 0.29) is 16.8 Å². The number of nitriles is 1. The van der Waals surface area contributed by atoms with Crippen molar-refractivity contribution >= 4 is 0 Å². The van der Waals surface area contributed by atoms with Crippen LogP contribution in [0.2, 0.25) is 0 Å². The predicted molar refractivity (Wildman–Crippen MR) is 41.5 cm³/mol. The van der Waals surface area contributed by atoms with Crippen LogP contribution in [0.15, 0.2) is 10.9 Å². The van der Waals surface area contributed by atoms with Crippen LogP contribution >= 0.6 is 0 Å². The van der Waals surface area contributed by atoms with Gasteiger partial charge in [-0.25, -0.2) is 8.78 Å². The van der Waals surface area contributed by atoms with Crippen molar-refractivity contribution in [2.45, 2.75) is 13.3 Å².